The first-order valence-corrected chi connectivity index (χ1v) is 7.71. The second-order valence-corrected chi connectivity index (χ2v) is 6.44. The van der Waals surface area contributed by atoms with Crippen molar-refractivity contribution in [3.05, 3.63) is 0 Å². The van der Waals surface area contributed by atoms with Gasteiger partial charge in [-0.15, -0.1) is 0 Å². The summed E-state index contributed by atoms with van der Waals surface area (Å²) in [7, 11) is 7.16. The minimum atomic E-state index is 0.0750. The Morgan fingerprint density at radius 2 is 2.33 bits per heavy atom. The van der Waals surface area contributed by atoms with Gasteiger partial charge in [0.15, 0.2) is 0 Å². The maximum atomic E-state index is 11.4. The third kappa shape index (κ3) is 5.13. The molecule has 1 heterocycles. The van der Waals surface area contributed by atoms with Crippen LogP contribution < -0.4 is 0 Å². The molecular weight excluding hydrogens is 230 g/mol. The molecule has 1 saturated heterocycles. The molecule has 0 aromatic heterocycles. The summed E-state index contributed by atoms with van der Waals surface area (Å²) in [6.45, 7) is 0. The summed E-state index contributed by atoms with van der Waals surface area (Å²) in [5.41, 5.74) is 0. The molecule has 3 nitrogen and oxygen atoms in total. The molecule has 0 aliphatic carbocycles. The summed E-state index contributed by atoms with van der Waals surface area (Å²) in [4.78, 5) is 16.2. The lowest BCUT2D eigenvalue weighted by molar-refractivity contribution is -0.168. The van der Waals surface area contributed by atoms with Gasteiger partial charge in [0.25, 0.3) is 0 Å². The Bertz CT molecular complexity index is 196. The standard InChI is InChI=1S/C10H19NO2S2/c1-11(13-2)10(12)6-4-3-5-9-7-8-14-15-9/h9H,3-8H2,1-2H3/t9-/m1/s1. The minimum Gasteiger partial charge on any atom is -0.275 e. The molecule has 88 valence electrons. The van der Waals surface area contributed by atoms with Crippen LogP contribution in [0.5, 0.6) is 0 Å². The maximum Gasteiger partial charge on any atom is 0.245 e. The molecule has 0 radical (unpaired) electrons. The summed E-state index contributed by atoms with van der Waals surface area (Å²) in [5, 5.41) is 2.13. The summed E-state index contributed by atoms with van der Waals surface area (Å²) in [6, 6.07) is 0. The molecular formula is C10H19NO2S2. The highest BCUT2D eigenvalue weighted by Crippen LogP contribution is 2.39. The fraction of sp³-hybridized carbons (Fsp3) is 0.900. The second kappa shape index (κ2) is 7.41. The molecule has 0 saturated carbocycles. The highest BCUT2D eigenvalue weighted by atomic mass is 33.1. The molecule has 1 aliphatic rings. The van der Waals surface area contributed by atoms with Crippen LogP contribution in [0, 0.1) is 0 Å². The zero-order valence-electron chi connectivity index (χ0n) is 9.40. The zero-order chi connectivity index (χ0) is 11.1. The van der Waals surface area contributed by atoms with E-state index in [2.05, 4.69) is 0 Å². The minimum absolute atomic E-state index is 0.0750. The van der Waals surface area contributed by atoms with E-state index in [4.69, 9.17) is 4.84 Å². The molecule has 0 aromatic rings. The van der Waals surface area contributed by atoms with Gasteiger partial charge in [0.05, 0.1) is 7.11 Å². The van der Waals surface area contributed by atoms with Crippen molar-refractivity contribution in [2.24, 2.45) is 0 Å². The Morgan fingerprint density at radius 3 is 2.93 bits per heavy atom. The van der Waals surface area contributed by atoms with Gasteiger partial charge in [-0.3, -0.25) is 9.63 Å². The van der Waals surface area contributed by atoms with Crippen molar-refractivity contribution in [2.45, 2.75) is 37.4 Å². The Kier molecular flexibility index (Phi) is 6.52. The lowest BCUT2D eigenvalue weighted by Crippen LogP contribution is -2.24. The number of nitrogens with zero attached hydrogens (tertiary/aromatic N) is 1. The maximum absolute atomic E-state index is 11.4. The van der Waals surface area contributed by atoms with Gasteiger partial charge < -0.3 is 0 Å². The number of carbonyl (C=O) groups excluding carboxylic acids is 1. The van der Waals surface area contributed by atoms with E-state index in [1.54, 1.807) is 7.05 Å². The largest absolute Gasteiger partial charge is 0.275 e. The number of rotatable bonds is 6. The van der Waals surface area contributed by atoms with Crippen LogP contribution in [0.15, 0.2) is 0 Å². The predicted octanol–water partition coefficient (Wildman–Crippen LogP) is 2.72. The monoisotopic (exact) mass is 249 g/mol. The van der Waals surface area contributed by atoms with Gasteiger partial charge in [-0.05, 0) is 19.3 Å². The normalized spacial score (nSPS) is 20.5. The summed E-state index contributed by atoms with van der Waals surface area (Å²) < 4.78 is 0. The average Bonchev–Trinajstić information content (AvgIpc) is 2.75. The van der Waals surface area contributed by atoms with Crippen LogP contribution in [0.4, 0.5) is 0 Å². The van der Waals surface area contributed by atoms with Crippen molar-refractivity contribution >= 4 is 27.5 Å². The van der Waals surface area contributed by atoms with Gasteiger partial charge in [0.2, 0.25) is 5.91 Å². The Balaban J connectivity index is 1.98. The van der Waals surface area contributed by atoms with Gasteiger partial charge in [0.1, 0.15) is 0 Å². The van der Waals surface area contributed by atoms with Gasteiger partial charge in [-0.25, -0.2) is 5.06 Å². The highest BCUT2D eigenvalue weighted by molar-refractivity contribution is 8.77. The average molecular weight is 249 g/mol. The van der Waals surface area contributed by atoms with Crippen LogP contribution >= 0.6 is 21.6 Å². The van der Waals surface area contributed by atoms with E-state index in [-0.39, 0.29) is 5.91 Å². The number of hydrogen-bond acceptors (Lipinski definition) is 4. The van der Waals surface area contributed by atoms with Crippen LogP contribution in [0.3, 0.4) is 0 Å². The molecule has 1 amide bonds. The molecule has 0 N–H and O–H groups in total. The molecule has 1 rings (SSSR count). The molecule has 0 aromatic carbocycles. The lowest BCUT2D eigenvalue weighted by atomic mass is 10.1. The lowest BCUT2D eigenvalue weighted by Gasteiger charge is -2.13. The highest BCUT2D eigenvalue weighted by Gasteiger charge is 2.16. The van der Waals surface area contributed by atoms with Crippen molar-refractivity contribution in [3.8, 4) is 0 Å². The summed E-state index contributed by atoms with van der Waals surface area (Å²) in [6.07, 6.45) is 5.33. The van der Waals surface area contributed by atoms with Crippen LogP contribution in [-0.4, -0.2) is 36.1 Å². The Labute approximate surface area is 99.7 Å². The topological polar surface area (TPSA) is 29.5 Å². The summed E-state index contributed by atoms with van der Waals surface area (Å²) >= 11 is 0. The van der Waals surface area contributed by atoms with Crippen LogP contribution in [-0.2, 0) is 9.63 Å². The molecule has 1 atom stereocenters. The molecule has 15 heavy (non-hydrogen) atoms. The van der Waals surface area contributed by atoms with E-state index in [1.807, 2.05) is 21.6 Å². The van der Waals surface area contributed by atoms with Gasteiger partial charge >= 0.3 is 0 Å². The van der Waals surface area contributed by atoms with Crippen molar-refractivity contribution in [2.75, 3.05) is 19.9 Å². The smallest absolute Gasteiger partial charge is 0.245 e. The molecule has 0 spiro atoms. The van der Waals surface area contributed by atoms with E-state index >= 15 is 0 Å². The van der Waals surface area contributed by atoms with E-state index in [0.29, 0.717) is 6.42 Å². The van der Waals surface area contributed by atoms with E-state index in [1.165, 1.54) is 30.8 Å². The number of carbonyl (C=O) groups is 1. The third-order valence-electron chi connectivity index (χ3n) is 2.52. The second-order valence-electron chi connectivity index (χ2n) is 3.65. The first-order valence-electron chi connectivity index (χ1n) is 5.33. The fourth-order valence-electron chi connectivity index (χ4n) is 1.47. The molecule has 5 heteroatoms. The SMILES string of the molecule is CON(C)C(=O)CCCC[C@@H]1CCSS1. The van der Waals surface area contributed by atoms with Gasteiger partial charge in [-0.1, -0.05) is 28.0 Å². The van der Waals surface area contributed by atoms with Gasteiger partial charge in [-0.2, -0.15) is 0 Å². The third-order valence-corrected chi connectivity index (χ3v) is 5.53. The number of unbranched alkanes of at least 4 members (excludes halogenated alkanes) is 1. The number of hydroxylamine groups is 2. The van der Waals surface area contributed by atoms with E-state index in [9.17, 15) is 4.79 Å². The first kappa shape index (κ1) is 13.2. The predicted molar refractivity (Wildman–Crippen MR) is 66.7 cm³/mol. The van der Waals surface area contributed by atoms with Crippen LogP contribution in [0.1, 0.15) is 32.1 Å². The van der Waals surface area contributed by atoms with Crippen molar-refractivity contribution in [1.82, 2.24) is 5.06 Å². The molecule has 1 fully saturated rings. The molecule has 0 unspecified atom stereocenters. The first-order chi connectivity index (χ1) is 7.24. The van der Waals surface area contributed by atoms with Crippen LogP contribution in [0.25, 0.3) is 0 Å². The summed E-state index contributed by atoms with van der Waals surface area (Å²) in [5.74, 6) is 1.37. The van der Waals surface area contributed by atoms with E-state index in [0.717, 1.165) is 18.1 Å². The Morgan fingerprint density at radius 1 is 1.53 bits per heavy atom. The quantitative estimate of drug-likeness (QED) is 0.411. The number of hydrogen-bond donors (Lipinski definition) is 0. The van der Waals surface area contributed by atoms with E-state index < -0.39 is 0 Å². The zero-order valence-corrected chi connectivity index (χ0v) is 11.0. The Hall–Kier alpha value is 0.130. The van der Waals surface area contributed by atoms with Crippen molar-refractivity contribution in [1.29, 1.82) is 0 Å². The van der Waals surface area contributed by atoms with Gasteiger partial charge in [0, 0.05) is 24.5 Å². The van der Waals surface area contributed by atoms with Crippen molar-refractivity contribution in [3.63, 3.8) is 0 Å². The number of amides is 1. The fourth-order valence-corrected chi connectivity index (χ4v) is 4.50. The van der Waals surface area contributed by atoms with Crippen LogP contribution in [0.2, 0.25) is 0 Å². The molecule has 1 aliphatic heterocycles. The molecule has 0 bridgehead atoms. The van der Waals surface area contributed by atoms with Crippen molar-refractivity contribution < 1.29 is 9.63 Å².